The molecule has 8 heteroatoms. The van der Waals surface area contributed by atoms with E-state index in [-0.39, 0.29) is 11.5 Å². The van der Waals surface area contributed by atoms with E-state index in [0.717, 1.165) is 0 Å². The Balaban J connectivity index is 1.87. The number of nitrogens with zero attached hydrogens (tertiary/aromatic N) is 2. The van der Waals surface area contributed by atoms with E-state index in [4.69, 9.17) is 11.0 Å². The standard InChI is InChI=1S/C23H17N5O3/c24-14-15-6-8-18(9-7-15)22(31)28-23(27-21(30)17-4-2-1-3-5-17)26-19-12-10-16(11-13-19)20(25)29/h1-13H,(H2,25,29)(H2,26,27,28,30,31). The molecule has 0 aromatic heterocycles. The zero-order valence-corrected chi connectivity index (χ0v) is 16.2. The molecule has 0 radical (unpaired) electrons. The third kappa shape index (κ3) is 5.62. The molecule has 3 aromatic carbocycles. The van der Waals surface area contributed by atoms with Crippen molar-refractivity contribution in [1.82, 2.24) is 10.6 Å². The molecule has 0 unspecified atom stereocenters. The van der Waals surface area contributed by atoms with Gasteiger partial charge in [-0.3, -0.25) is 25.0 Å². The number of benzene rings is 3. The molecule has 0 atom stereocenters. The first kappa shape index (κ1) is 21.0. The molecule has 0 aliphatic rings. The van der Waals surface area contributed by atoms with Crippen molar-refractivity contribution in [3.8, 4) is 6.07 Å². The minimum Gasteiger partial charge on any atom is -0.366 e. The summed E-state index contributed by atoms with van der Waals surface area (Å²) in [5, 5.41) is 14.0. The number of amides is 3. The Hall–Kier alpha value is -4.77. The Labute approximate surface area is 178 Å². The first-order valence-corrected chi connectivity index (χ1v) is 9.13. The summed E-state index contributed by atoms with van der Waals surface area (Å²) in [4.78, 5) is 40.7. The van der Waals surface area contributed by atoms with E-state index in [2.05, 4.69) is 15.6 Å². The van der Waals surface area contributed by atoms with Crippen molar-refractivity contribution in [3.63, 3.8) is 0 Å². The average molecular weight is 411 g/mol. The highest BCUT2D eigenvalue weighted by molar-refractivity contribution is 6.13. The quantitative estimate of drug-likeness (QED) is 0.448. The highest BCUT2D eigenvalue weighted by Crippen LogP contribution is 2.13. The maximum atomic E-state index is 12.6. The zero-order valence-electron chi connectivity index (χ0n) is 16.2. The number of guanidine groups is 1. The lowest BCUT2D eigenvalue weighted by Crippen LogP contribution is -2.43. The van der Waals surface area contributed by atoms with Gasteiger partial charge in [0.25, 0.3) is 11.8 Å². The van der Waals surface area contributed by atoms with Crippen molar-refractivity contribution in [3.05, 3.63) is 101 Å². The van der Waals surface area contributed by atoms with Crippen molar-refractivity contribution < 1.29 is 14.4 Å². The van der Waals surface area contributed by atoms with Gasteiger partial charge in [0.1, 0.15) is 0 Å². The van der Waals surface area contributed by atoms with Crippen molar-refractivity contribution in [2.45, 2.75) is 0 Å². The summed E-state index contributed by atoms with van der Waals surface area (Å²) in [5.74, 6) is -1.67. The van der Waals surface area contributed by atoms with Gasteiger partial charge in [-0.1, -0.05) is 18.2 Å². The molecule has 0 heterocycles. The fraction of sp³-hybridized carbons (Fsp3) is 0. The molecule has 3 aromatic rings. The summed E-state index contributed by atoms with van der Waals surface area (Å²) in [6.07, 6.45) is 0. The van der Waals surface area contributed by atoms with Gasteiger partial charge in [-0.15, -0.1) is 0 Å². The summed E-state index contributed by atoms with van der Waals surface area (Å²) in [6.45, 7) is 0. The number of aliphatic imine (C=N–C) groups is 1. The van der Waals surface area contributed by atoms with Crippen LogP contribution in [-0.2, 0) is 0 Å². The first-order chi connectivity index (χ1) is 15.0. The molecule has 0 aliphatic carbocycles. The van der Waals surface area contributed by atoms with Crippen LogP contribution in [0.2, 0.25) is 0 Å². The van der Waals surface area contributed by atoms with Crippen molar-refractivity contribution in [2.24, 2.45) is 10.7 Å². The number of nitrogens with two attached hydrogens (primary N) is 1. The van der Waals surface area contributed by atoms with Gasteiger partial charge in [0.2, 0.25) is 11.9 Å². The number of carbonyl (C=O) groups excluding carboxylic acids is 3. The predicted molar refractivity (Wildman–Crippen MR) is 115 cm³/mol. The molecule has 152 valence electrons. The molecule has 3 rings (SSSR count). The summed E-state index contributed by atoms with van der Waals surface area (Å²) in [7, 11) is 0. The normalized spacial score (nSPS) is 10.6. The molecule has 0 fully saturated rings. The first-order valence-electron chi connectivity index (χ1n) is 9.13. The number of carbonyl (C=O) groups is 3. The van der Waals surface area contributed by atoms with E-state index in [1.165, 1.54) is 48.5 Å². The van der Waals surface area contributed by atoms with Gasteiger partial charge in [-0.25, -0.2) is 4.99 Å². The van der Waals surface area contributed by atoms with E-state index in [1.807, 2.05) is 6.07 Å². The Bertz CT molecular complexity index is 1180. The predicted octanol–water partition coefficient (Wildman–Crippen LogP) is 2.50. The van der Waals surface area contributed by atoms with Crippen molar-refractivity contribution >= 4 is 29.4 Å². The second-order valence-corrected chi connectivity index (χ2v) is 6.33. The smallest absolute Gasteiger partial charge is 0.257 e. The van der Waals surface area contributed by atoms with Gasteiger partial charge >= 0.3 is 0 Å². The van der Waals surface area contributed by atoms with Gasteiger partial charge < -0.3 is 5.73 Å². The lowest BCUT2D eigenvalue weighted by Gasteiger charge is -2.11. The number of hydrogen-bond acceptors (Lipinski definition) is 5. The minimum atomic E-state index is -0.581. The molecule has 31 heavy (non-hydrogen) atoms. The second kappa shape index (κ2) is 9.62. The van der Waals surface area contributed by atoms with Crippen LogP contribution in [0.1, 0.15) is 36.6 Å². The Kier molecular flexibility index (Phi) is 6.50. The van der Waals surface area contributed by atoms with Gasteiger partial charge in [0.15, 0.2) is 0 Å². The van der Waals surface area contributed by atoms with Crippen LogP contribution in [0.4, 0.5) is 5.69 Å². The van der Waals surface area contributed by atoms with Crippen LogP contribution >= 0.6 is 0 Å². The van der Waals surface area contributed by atoms with E-state index in [1.54, 1.807) is 30.3 Å². The molecule has 0 aliphatic heterocycles. The number of nitrogens with one attached hydrogen (secondary N) is 2. The summed E-state index contributed by atoms with van der Waals surface area (Å²) >= 11 is 0. The van der Waals surface area contributed by atoms with Crippen LogP contribution in [0.25, 0.3) is 0 Å². The minimum absolute atomic E-state index is 0.102. The van der Waals surface area contributed by atoms with E-state index < -0.39 is 17.7 Å². The third-order valence-electron chi connectivity index (χ3n) is 4.17. The molecule has 0 saturated carbocycles. The number of primary amides is 1. The molecule has 3 amide bonds. The summed E-state index contributed by atoms with van der Waals surface area (Å²) < 4.78 is 0. The fourth-order valence-electron chi connectivity index (χ4n) is 2.56. The summed E-state index contributed by atoms with van der Waals surface area (Å²) in [6, 6.07) is 22.5. The summed E-state index contributed by atoms with van der Waals surface area (Å²) in [5.41, 5.74) is 7.00. The van der Waals surface area contributed by atoms with E-state index in [9.17, 15) is 14.4 Å². The van der Waals surface area contributed by atoms with Gasteiger partial charge in [0.05, 0.1) is 17.3 Å². The fourth-order valence-corrected chi connectivity index (χ4v) is 2.56. The Morgan fingerprint density at radius 3 is 1.77 bits per heavy atom. The monoisotopic (exact) mass is 411 g/mol. The highest BCUT2D eigenvalue weighted by atomic mass is 16.2. The van der Waals surface area contributed by atoms with E-state index in [0.29, 0.717) is 22.4 Å². The van der Waals surface area contributed by atoms with Crippen LogP contribution in [0.3, 0.4) is 0 Å². The highest BCUT2D eigenvalue weighted by Gasteiger charge is 2.13. The zero-order chi connectivity index (χ0) is 22.2. The molecule has 8 nitrogen and oxygen atoms in total. The molecule has 0 bridgehead atoms. The lowest BCUT2D eigenvalue weighted by molar-refractivity contribution is 0.0963. The number of hydrogen-bond donors (Lipinski definition) is 3. The van der Waals surface area contributed by atoms with Crippen LogP contribution in [0.5, 0.6) is 0 Å². The molecular weight excluding hydrogens is 394 g/mol. The van der Waals surface area contributed by atoms with E-state index >= 15 is 0 Å². The molecular formula is C23H17N5O3. The maximum Gasteiger partial charge on any atom is 0.257 e. The van der Waals surface area contributed by atoms with Crippen LogP contribution in [0.15, 0.2) is 83.9 Å². The van der Waals surface area contributed by atoms with Crippen molar-refractivity contribution in [1.29, 1.82) is 5.26 Å². The van der Waals surface area contributed by atoms with Gasteiger partial charge in [0, 0.05) is 16.7 Å². The number of nitriles is 1. The van der Waals surface area contributed by atoms with Crippen LogP contribution in [-0.4, -0.2) is 23.7 Å². The third-order valence-corrected chi connectivity index (χ3v) is 4.17. The number of rotatable bonds is 4. The Morgan fingerprint density at radius 2 is 1.26 bits per heavy atom. The maximum absolute atomic E-state index is 12.6. The second-order valence-electron chi connectivity index (χ2n) is 6.33. The molecule has 0 saturated heterocycles. The molecule has 4 N–H and O–H groups in total. The lowest BCUT2D eigenvalue weighted by atomic mass is 10.1. The van der Waals surface area contributed by atoms with Gasteiger partial charge in [-0.05, 0) is 60.7 Å². The largest absolute Gasteiger partial charge is 0.366 e. The van der Waals surface area contributed by atoms with Crippen LogP contribution < -0.4 is 16.4 Å². The topological polar surface area (TPSA) is 137 Å². The van der Waals surface area contributed by atoms with Crippen molar-refractivity contribution in [2.75, 3.05) is 0 Å². The average Bonchev–Trinajstić information content (AvgIpc) is 2.80. The molecule has 0 spiro atoms. The Morgan fingerprint density at radius 1 is 0.742 bits per heavy atom. The van der Waals surface area contributed by atoms with Crippen LogP contribution in [0, 0.1) is 11.3 Å². The SMILES string of the molecule is N#Cc1ccc(C(=O)NC(=Nc2ccc(C(N)=O)cc2)NC(=O)c2ccccc2)cc1. The van der Waals surface area contributed by atoms with Gasteiger partial charge in [-0.2, -0.15) is 5.26 Å².